The quantitative estimate of drug-likeness (QED) is 0.214. The number of anilines is 1. The predicted molar refractivity (Wildman–Crippen MR) is 183 cm³/mol. The van der Waals surface area contributed by atoms with Crippen molar-refractivity contribution in [1.82, 2.24) is 29.1 Å². The number of aromatic nitrogens is 3. The van der Waals surface area contributed by atoms with Crippen LogP contribution in [0.2, 0.25) is 0 Å². The lowest BCUT2D eigenvalue weighted by molar-refractivity contribution is -0.128. The molecule has 48 heavy (non-hydrogen) atoms. The molecule has 5 heterocycles. The van der Waals surface area contributed by atoms with Gasteiger partial charge in [-0.05, 0) is 69.2 Å². The number of imidazole rings is 1. The lowest BCUT2D eigenvalue weighted by Crippen LogP contribution is -2.59. The molecule has 2 aromatic heterocycles. The van der Waals surface area contributed by atoms with Gasteiger partial charge in [0.25, 0.3) is 5.91 Å². The van der Waals surface area contributed by atoms with E-state index in [1.807, 2.05) is 76.2 Å². The van der Waals surface area contributed by atoms with Crippen molar-refractivity contribution in [2.24, 2.45) is 0 Å². The summed E-state index contributed by atoms with van der Waals surface area (Å²) in [6.07, 6.45) is 7.09. The fourth-order valence-electron chi connectivity index (χ4n) is 7.11. The number of hydrogen-bond acceptors (Lipinski definition) is 9. The van der Waals surface area contributed by atoms with E-state index in [1.165, 1.54) is 0 Å². The third-order valence-corrected chi connectivity index (χ3v) is 9.91. The normalized spacial score (nSPS) is 20.0. The zero-order chi connectivity index (χ0) is 33.3. The van der Waals surface area contributed by atoms with E-state index in [9.17, 15) is 10.1 Å². The molecule has 1 unspecified atom stereocenters. The van der Waals surface area contributed by atoms with Crippen LogP contribution in [0.3, 0.4) is 0 Å². The zero-order valence-corrected chi connectivity index (χ0v) is 27.6. The number of piperazine rings is 1. The molecule has 0 bridgehead atoms. The molecule has 248 valence electrons. The summed E-state index contributed by atoms with van der Waals surface area (Å²) in [6.45, 7) is 10.6. The average Bonchev–Trinajstić information content (AvgIpc) is 3.48. The van der Waals surface area contributed by atoms with Crippen LogP contribution in [0.4, 0.5) is 5.82 Å². The van der Waals surface area contributed by atoms with Crippen LogP contribution in [0.15, 0.2) is 78.6 Å². The summed E-state index contributed by atoms with van der Waals surface area (Å²) in [6, 6.07) is 20.2. The molecule has 11 heteroatoms. The second kappa shape index (κ2) is 13.4. The molecule has 11 nitrogen and oxygen atoms in total. The third kappa shape index (κ3) is 6.39. The van der Waals surface area contributed by atoms with Crippen molar-refractivity contribution in [3.05, 3.63) is 84.5 Å². The Kier molecular flexibility index (Phi) is 8.88. The first-order chi connectivity index (χ1) is 23.3. The van der Waals surface area contributed by atoms with Crippen LogP contribution in [0, 0.1) is 11.3 Å². The summed E-state index contributed by atoms with van der Waals surface area (Å²) in [5.41, 5.74) is 8.55. The molecule has 0 radical (unpaired) electrons. The molecule has 0 saturated carbocycles. The summed E-state index contributed by atoms with van der Waals surface area (Å²) in [5, 5.41) is 10.2. The highest BCUT2D eigenvalue weighted by atomic mass is 16.5. The van der Waals surface area contributed by atoms with Gasteiger partial charge in [0.15, 0.2) is 0 Å². The fourth-order valence-corrected chi connectivity index (χ4v) is 7.11. The zero-order valence-electron chi connectivity index (χ0n) is 27.6. The van der Waals surface area contributed by atoms with E-state index in [0.717, 1.165) is 86.3 Å². The first-order valence-electron chi connectivity index (χ1n) is 16.8. The van der Waals surface area contributed by atoms with E-state index in [4.69, 9.17) is 20.2 Å². The number of benzene rings is 2. The van der Waals surface area contributed by atoms with Crippen molar-refractivity contribution in [2.45, 2.75) is 44.2 Å². The maximum Gasteiger partial charge on any atom is 0.264 e. The van der Waals surface area contributed by atoms with Gasteiger partial charge in [0.2, 0.25) is 0 Å². The van der Waals surface area contributed by atoms with Gasteiger partial charge < -0.3 is 20.1 Å². The Balaban J connectivity index is 1.09. The SMILES string of the molecule is CC(C)(C=C(C#N)C(=O)N1CCCC(c2nc(-c3ccc(Oc4ccccc4)cc3)c3c(N)nccn23)C1)N1CCN(C2COC2)CC1. The summed E-state index contributed by atoms with van der Waals surface area (Å²) in [4.78, 5) is 30.0. The number of nitrogens with zero attached hydrogens (tertiary/aromatic N) is 7. The van der Waals surface area contributed by atoms with Crippen molar-refractivity contribution in [2.75, 3.05) is 58.2 Å². The van der Waals surface area contributed by atoms with Gasteiger partial charge in [0.05, 0.1) is 19.3 Å². The molecule has 2 N–H and O–H groups in total. The highest BCUT2D eigenvalue weighted by Crippen LogP contribution is 2.35. The maximum atomic E-state index is 13.9. The Hall–Kier alpha value is -4.76. The molecule has 7 rings (SSSR count). The lowest BCUT2D eigenvalue weighted by atomic mass is 9.94. The minimum absolute atomic E-state index is 0.0389. The van der Waals surface area contributed by atoms with Crippen molar-refractivity contribution in [3.8, 4) is 28.8 Å². The number of ether oxygens (including phenoxy) is 2. The van der Waals surface area contributed by atoms with Gasteiger partial charge >= 0.3 is 0 Å². The van der Waals surface area contributed by atoms with Gasteiger partial charge in [-0.1, -0.05) is 18.2 Å². The molecule has 0 spiro atoms. The summed E-state index contributed by atoms with van der Waals surface area (Å²) < 4.78 is 13.4. The molecule has 4 aromatic rings. The van der Waals surface area contributed by atoms with Crippen LogP contribution in [-0.4, -0.2) is 99.0 Å². The molecule has 3 saturated heterocycles. The molecular weight excluding hydrogens is 604 g/mol. The van der Waals surface area contributed by atoms with Gasteiger partial charge in [-0.15, -0.1) is 0 Å². The van der Waals surface area contributed by atoms with Crippen LogP contribution >= 0.6 is 0 Å². The van der Waals surface area contributed by atoms with Gasteiger partial charge in [-0.2, -0.15) is 5.26 Å². The minimum Gasteiger partial charge on any atom is -0.457 e. The second-order valence-electron chi connectivity index (χ2n) is 13.4. The Labute approximate surface area is 281 Å². The lowest BCUT2D eigenvalue weighted by Gasteiger charge is -2.46. The molecule has 3 aliphatic rings. The van der Waals surface area contributed by atoms with Crippen LogP contribution in [-0.2, 0) is 9.53 Å². The standard InChI is InChI=1S/C37H42N8O3/c1-37(2,44-19-17-42(18-20-44)29-24-47-25-29)21-28(22-38)36(46)43-15-6-7-27(23-43)35-41-32(33-34(39)40-14-16-45(33)35)26-10-12-31(13-11-26)48-30-8-4-3-5-9-30/h3-5,8-14,16,21,27,29H,6-7,15,17-20,23-25H2,1-2H3,(H2,39,40). The average molecular weight is 647 g/mol. The summed E-state index contributed by atoms with van der Waals surface area (Å²) >= 11 is 0. The Morgan fingerprint density at radius 1 is 1.04 bits per heavy atom. The first kappa shape index (κ1) is 31.8. The van der Waals surface area contributed by atoms with Crippen molar-refractivity contribution < 1.29 is 14.3 Å². The van der Waals surface area contributed by atoms with Crippen LogP contribution in [0.25, 0.3) is 16.8 Å². The highest BCUT2D eigenvalue weighted by Gasteiger charge is 2.35. The molecule has 1 atom stereocenters. The van der Waals surface area contributed by atoms with E-state index < -0.39 is 5.54 Å². The molecule has 0 aliphatic carbocycles. The summed E-state index contributed by atoms with van der Waals surface area (Å²) in [5.74, 6) is 2.43. The number of amides is 1. The highest BCUT2D eigenvalue weighted by molar-refractivity contribution is 5.97. The number of nitriles is 1. The Bertz CT molecular complexity index is 1830. The van der Waals surface area contributed by atoms with Gasteiger partial charge in [0, 0.05) is 68.7 Å². The van der Waals surface area contributed by atoms with Crippen LogP contribution in [0.5, 0.6) is 11.5 Å². The monoisotopic (exact) mass is 646 g/mol. The van der Waals surface area contributed by atoms with E-state index in [2.05, 4.69) is 34.7 Å². The molecule has 3 fully saturated rings. The number of carbonyl (C=O) groups is 1. The topological polar surface area (TPSA) is 125 Å². The molecule has 3 aliphatic heterocycles. The van der Waals surface area contributed by atoms with E-state index in [1.54, 1.807) is 6.20 Å². The maximum absolute atomic E-state index is 13.9. The number of piperidine rings is 1. The number of fused-ring (bicyclic) bond motifs is 1. The Morgan fingerprint density at radius 2 is 1.77 bits per heavy atom. The van der Waals surface area contributed by atoms with Crippen molar-refractivity contribution in [1.29, 1.82) is 5.26 Å². The molecular formula is C37H42N8O3. The van der Waals surface area contributed by atoms with Gasteiger partial charge in [0.1, 0.15) is 46.0 Å². The predicted octanol–water partition coefficient (Wildman–Crippen LogP) is 4.72. The van der Waals surface area contributed by atoms with Crippen molar-refractivity contribution in [3.63, 3.8) is 0 Å². The van der Waals surface area contributed by atoms with Crippen LogP contribution in [0.1, 0.15) is 38.4 Å². The first-order valence-corrected chi connectivity index (χ1v) is 16.8. The number of carbonyl (C=O) groups excluding carboxylic acids is 1. The van der Waals surface area contributed by atoms with E-state index >= 15 is 0 Å². The van der Waals surface area contributed by atoms with E-state index in [0.29, 0.717) is 24.9 Å². The number of hydrogen-bond donors (Lipinski definition) is 1. The largest absolute Gasteiger partial charge is 0.457 e. The third-order valence-electron chi connectivity index (χ3n) is 9.91. The summed E-state index contributed by atoms with van der Waals surface area (Å²) in [7, 11) is 0. The second-order valence-corrected chi connectivity index (χ2v) is 13.4. The molecule has 2 aromatic carbocycles. The van der Waals surface area contributed by atoms with E-state index in [-0.39, 0.29) is 17.4 Å². The fraction of sp³-hybridized carbons (Fsp3) is 0.405. The number of likely N-dealkylation sites (tertiary alicyclic amines) is 1. The van der Waals surface area contributed by atoms with Gasteiger partial charge in [-0.25, -0.2) is 9.97 Å². The van der Waals surface area contributed by atoms with Crippen LogP contribution < -0.4 is 10.5 Å². The van der Waals surface area contributed by atoms with Crippen molar-refractivity contribution >= 4 is 17.2 Å². The Morgan fingerprint density at radius 3 is 2.46 bits per heavy atom. The number of nitrogens with two attached hydrogens (primary N) is 1. The minimum atomic E-state index is -0.432. The number of para-hydroxylation sites is 1. The molecule has 1 amide bonds. The number of nitrogen functional groups attached to an aromatic ring is 1. The van der Waals surface area contributed by atoms with Gasteiger partial charge in [-0.3, -0.25) is 19.0 Å². The smallest absolute Gasteiger partial charge is 0.264 e. The number of rotatable bonds is 8.